The van der Waals surface area contributed by atoms with Crippen molar-refractivity contribution in [1.29, 1.82) is 0 Å². The van der Waals surface area contributed by atoms with Crippen LogP contribution in [0.2, 0.25) is 0 Å². The van der Waals surface area contributed by atoms with Crippen molar-refractivity contribution in [2.75, 3.05) is 17.2 Å². The predicted octanol–water partition coefficient (Wildman–Crippen LogP) is 2.42. The fourth-order valence-corrected chi connectivity index (χ4v) is 1.08. The van der Waals surface area contributed by atoms with E-state index in [9.17, 15) is 4.79 Å². The van der Waals surface area contributed by atoms with Crippen LogP contribution in [0.15, 0.2) is 24.8 Å². The maximum absolute atomic E-state index is 11.5. The third-order valence-corrected chi connectivity index (χ3v) is 1.72. The molecule has 2 N–H and O–H groups in total. The summed E-state index contributed by atoms with van der Waals surface area (Å²) in [5.74, 6) is 0.957. The van der Waals surface area contributed by atoms with Crippen LogP contribution < -0.4 is 10.6 Å². The normalized spacial score (nSPS) is 10.6. The van der Waals surface area contributed by atoms with Crippen LogP contribution in [-0.2, 0) is 4.74 Å². The van der Waals surface area contributed by atoms with E-state index in [0.717, 1.165) is 0 Å². The number of ether oxygens (including phenoxy) is 1. The molecule has 0 aliphatic rings. The van der Waals surface area contributed by atoms with Gasteiger partial charge in [-0.1, -0.05) is 6.08 Å². The Morgan fingerprint density at radius 3 is 2.50 bits per heavy atom. The second-order valence-corrected chi connectivity index (χ2v) is 4.60. The molecule has 1 aromatic rings. The van der Waals surface area contributed by atoms with Crippen molar-refractivity contribution in [1.82, 2.24) is 10.2 Å². The van der Waals surface area contributed by atoms with Crippen LogP contribution in [0.3, 0.4) is 0 Å². The number of aromatic nitrogens is 2. The van der Waals surface area contributed by atoms with Gasteiger partial charge >= 0.3 is 6.09 Å². The van der Waals surface area contributed by atoms with Crippen LogP contribution in [0.5, 0.6) is 0 Å². The van der Waals surface area contributed by atoms with E-state index in [1.54, 1.807) is 39.0 Å². The minimum absolute atomic E-state index is 0.341. The molecule has 0 saturated heterocycles. The first-order valence-corrected chi connectivity index (χ1v) is 5.59. The monoisotopic (exact) mass is 250 g/mol. The lowest BCUT2D eigenvalue weighted by molar-refractivity contribution is 0.0635. The summed E-state index contributed by atoms with van der Waals surface area (Å²) in [6, 6.07) is 3.35. The highest BCUT2D eigenvalue weighted by molar-refractivity contribution is 5.83. The predicted molar refractivity (Wildman–Crippen MR) is 70.6 cm³/mol. The summed E-state index contributed by atoms with van der Waals surface area (Å²) >= 11 is 0. The number of nitrogens with one attached hydrogen (secondary N) is 2. The number of anilines is 2. The van der Waals surface area contributed by atoms with E-state index in [-0.39, 0.29) is 0 Å². The van der Waals surface area contributed by atoms with Crippen molar-refractivity contribution in [3.05, 3.63) is 24.8 Å². The Kier molecular flexibility index (Phi) is 4.65. The summed E-state index contributed by atoms with van der Waals surface area (Å²) in [5.41, 5.74) is -0.539. The molecule has 1 rings (SSSR count). The summed E-state index contributed by atoms with van der Waals surface area (Å²) in [6.45, 7) is 9.56. The molecule has 6 heteroatoms. The zero-order valence-electron chi connectivity index (χ0n) is 10.9. The molecule has 0 radical (unpaired) electrons. The molecular formula is C12H18N4O2. The molecule has 1 heterocycles. The first kappa shape index (κ1) is 14.0. The van der Waals surface area contributed by atoms with Crippen LogP contribution in [0.25, 0.3) is 0 Å². The number of carbonyl (C=O) groups excluding carboxylic acids is 1. The quantitative estimate of drug-likeness (QED) is 0.802. The average Bonchev–Trinajstić information content (AvgIpc) is 2.25. The van der Waals surface area contributed by atoms with Gasteiger partial charge in [0.2, 0.25) is 0 Å². The van der Waals surface area contributed by atoms with Gasteiger partial charge in [-0.05, 0) is 32.9 Å². The summed E-state index contributed by atoms with van der Waals surface area (Å²) in [7, 11) is 0. The highest BCUT2D eigenvalue weighted by atomic mass is 16.6. The molecule has 0 saturated carbocycles. The molecule has 98 valence electrons. The highest BCUT2D eigenvalue weighted by Gasteiger charge is 2.16. The average molecular weight is 250 g/mol. The van der Waals surface area contributed by atoms with E-state index in [1.165, 1.54) is 0 Å². The van der Waals surface area contributed by atoms with Gasteiger partial charge in [0.05, 0.1) is 0 Å². The number of hydrogen-bond acceptors (Lipinski definition) is 5. The van der Waals surface area contributed by atoms with E-state index in [0.29, 0.717) is 18.2 Å². The molecule has 18 heavy (non-hydrogen) atoms. The fourth-order valence-electron chi connectivity index (χ4n) is 1.08. The molecule has 0 unspecified atom stereocenters. The van der Waals surface area contributed by atoms with Gasteiger partial charge in [0, 0.05) is 6.54 Å². The minimum Gasteiger partial charge on any atom is -0.444 e. The third-order valence-electron chi connectivity index (χ3n) is 1.72. The molecule has 0 aromatic carbocycles. The van der Waals surface area contributed by atoms with Crippen LogP contribution >= 0.6 is 0 Å². The number of rotatable bonds is 4. The highest BCUT2D eigenvalue weighted by Crippen LogP contribution is 2.10. The maximum atomic E-state index is 11.5. The molecule has 0 atom stereocenters. The van der Waals surface area contributed by atoms with E-state index < -0.39 is 11.7 Å². The second kappa shape index (κ2) is 6.00. The lowest BCUT2D eigenvalue weighted by Gasteiger charge is -2.19. The topological polar surface area (TPSA) is 76.1 Å². The number of hydrogen-bond donors (Lipinski definition) is 2. The first-order valence-electron chi connectivity index (χ1n) is 5.59. The van der Waals surface area contributed by atoms with Crippen LogP contribution in [-0.4, -0.2) is 28.4 Å². The van der Waals surface area contributed by atoms with Gasteiger partial charge in [-0.2, -0.15) is 0 Å². The SMILES string of the molecule is C=CCNc1ccc(NC(=O)OC(C)(C)C)nn1. The summed E-state index contributed by atoms with van der Waals surface area (Å²) in [6.07, 6.45) is 1.16. The van der Waals surface area contributed by atoms with E-state index in [4.69, 9.17) is 4.74 Å². The van der Waals surface area contributed by atoms with Crippen LogP contribution in [0.4, 0.5) is 16.4 Å². The number of nitrogens with zero attached hydrogens (tertiary/aromatic N) is 2. The summed E-state index contributed by atoms with van der Waals surface area (Å²) < 4.78 is 5.09. The Balaban J connectivity index is 2.53. The minimum atomic E-state index is -0.552. The van der Waals surface area contributed by atoms with E-state index >= 15 is 0 Å². The van der Waals surface area contributed by atoms with Gasteiger partial charge in [0.15, 0.2) is 5.82 Å². The molecule has 0 bridgehead atoms. The van der Waals surface area contributed by atoms with Crippen molar-refractivity contribution >= 4 is 17.7 Å². The largest absolute Gasteiger partial charge is 0.444 e. The molecule has 6 nitrogen and oxygen atoms in total. The Morgan fingerprint density at radius 1 is 1.39 bits per heavy atom. The van der Waals surface area contributed by atoms with Gasteiger partial charge in [-0.15, -0.1) is 16.8 Å². The Bertz CT molecular complexity index is 409. The van der Waals surface area contributed by atoms with Gasteiger partial charge in [0.25, 0.3) is 0 Å². The first-order chi connectivity index (χ1) is 8.40. The van der Waals surface area contributed by atoms with E-state index in [2.05, 4.69) is 27.4 Å². The molecule has 0 aliphatic heterocycles. The van der Waals surface area contributed by atoms with Gasteiger partial charge in [0.1, 0.15) is 11.4 Å². The number of amides is 1. The van der Waals surface area contributed by atoms with Crippen LogP contribution in [0, 0.1) is 0 Å². The van der Waals surface area contributed by atoms with Gasteiger partial charge in [-0.25, -0.2) is 4.79 Å². The Labute approximate surface area is 106 Å². The van der Waals surface area contributed by atoms with Crippen molar-refractivity contribution in [2.45, 2.75) is 26.4 Å². The van der Waals surface area contributed by atoms with E-state index in [1.807, 2.05) is 0 Å². The van der Waals surface area contributed by atoms with Crippen molar-refractivity contribution in [2.24, 2.45) is 0 Å². The molecular weight excluding hydrogens is 232 g/mol. The molecule has 0 spiro atoms. The molecule has 1 aromatic heterocycles. The molecule has 0 fully saturated rings. The van der Waals surface area contributed by atoms with Crippen molar-refractivity contribution < 1.29 is 9.53 Å². The number of carbonyl (C=O) groups is 1. The smallest absolute Gasteiger partial charge is 0.413 e. The summed E-state index contributed by atoms with van der Waals surface area (Å²) in [4.78, 5) is 11.5. The summed E-state index contributed by atoms with van der Waals surface area (Å²) in [5, 5.41) is 13.2. The lowest BCUT2D eigenvalue weighted by Crippen LogP contribution is -2.27. The van der Waals surface area contributed by atoms with Crippen molar-refractivity contribution in [3.63, 3.8) is 0 Å². The van der Waals surface area contributed by atoms with Gasteiger partial charge in [-0.3, -0.25) is 5.32 Å². The Morgan fingerprint density at radius 2 is 2.00 bits per heavy atom. The zero-order chi connectivity index (χ0) is 13.6. The molecule has 1 amide bonds. The van der Waals surface area contributed by atoms with Crippen LogP contribution in [0.1, 0.15) is 20.8 Å². The second-order valence-electron chi connectivity index (χ2n) is 4.60. The van der Waals surface area contributed by atoms with Gasteiger partial charge < -0.3 is 10.1 Å². The maximum Gasteiger partial charge on any atom is 0.413 e. The Hall–Kier alpha value is -2.11. The molecule has 0 aliphatic carbocycles. The fraction of sp³-hybridized carbons (Fsp3) is 0.417. The van der Waals surface area contributed by atoms with Crippen molar-refractivity contribution in [3.8, 4) is 0 Å². The lowest BCUT2D eigenvalue weighted by atomic mass is 10.2. The third kappa shape index (κ3) is 5.29. The zero-order valence-corrected chi connectivity index (χ0v) is 10.9. The standard InChI is InChI=1S/C12H18N4O2/c1-5-8-13-9-6-7-10(16-15-9)14-11(17)18-12(2,3)4/h5-7H,1,8H2,2-4H3,(H,13,15)(H,14,16,17).